The van der Waals surface area contributed by atoms with Gasteiger partial charge in [-0.2, -0.15) is 5.10 Å². The summed E-state index contributed by atoms with van der Waals surface area (Å²) in [6, 6.07) is 7.33. The SMILES string of the molecule is C[C@H](NC(=O)Cn1cccn1)c1ccccn1. The van der Waals surface area contributed by atoms with Crippen molar-refractivity contribution in [3.63, 3.8) is 0 Å². The fourth-order valence-corrected chi connectivity index (χ4v) is 1.53. The van der Waals surface area contributed by atoms with E-state index in [1.54, 1.807) is 29.3 Å². The second-order valence-electron chi connectivity index (χ2n) is 3.75. The van der Waals surface area contributed by atoms with Gasteiger partial charge in [-0.05, 0) is 25.1 Å². The Morgan fingerprint density at radius 1 is 1.41 bits per heavy atom. The molecule has 0 aromatic carbocycles. The van der Waals surface area contributed by atoms with Crippen molar-refractivity contribution in [1.29, 1.82) is 0 Å². The fraction of sp³-hybridized carbons (Fsp3) is 0.250. The first-order chi connectivity index (χ1) is 8.25. The molecule has 1 N–H and O–H groups in total. The van der Waals surface area contributed by atoms with Gasteiger partial charge in [0, 0.05) is 18.6 Å². The zero-order valence-electron chi connectivity index (χ0n) is 9.58. The number of pyridine rings is 1. The molecule has 5 heteroatoms. The zero-order valence-corrected chi connectivity index (χ0v) is 9.58. The topological polar surface area (TPSA) is 59.8 Å². The van der Waals surface area contributed by atoms with Crippen LogP contribution in [0.15, 0.2) is 42.9 Å². The lowest BCUT2D eigenvalue weighted by Crippen LogP contribution is -2.30. The van der Waals surface area contributed by atoms with Gasteiger partial charge in [0.1, 0.15) is 6.54 Å². The smallest absolute Gasteiger partial charge is 0.242 e. The van der Waals surface area contributed by atoms with E-state index in [9.17, 15) is 4.79 Å². The Bertz CT molecular complexity index is 467. The number of nitrogens with zero attached hydrogens (tertiary/aromatic N) is 3. The first-order valence-electron chi connectivity index (χ1n) is 5.43. The van der Waals surface area contributed by atoms with E-state index in [2.05, 4.69) is 15.4 Å². The number of amides is 1. The number of aromatic nitrogens is 3. The first kappa shape index (κ1) is 11.3. The lowest BCUT2D eigenvalue weighted by atomic mass is 10.2. The molecule has 2 rings (SSSR count). The molecule has 17 heavy (non-hydrogen) atoms. The maximum absolute atomic E-state index is 11.7. The average molecular weight is 230 g/mol. The summed E-state index contributed by atoms with van der Waals surface area (Å²) in [5.41, 5.74) is 0.848. The van der Waals surface area contributed by atoms with Gasteiger partial charge in [0.05, 0.1) is 11.7 Å². The maximum atomic E-state index is 11.7. The monoisotopic (exact) mass is 230 g/mol. The quantitative estimate of drug-likeness (QED) is 0.857. The highest BCUT2D eigenvalue weighted by Crippen LogP contribution is 2.07. The van der Waals surface area contributed by atoms with Crippen molar-refractivity contribution < 1.29 is 4.79 Å². The molecule has 5 nitrogen and oxygen atoms in total. The summed E-state index contributed by atoms with van der Waals surface area (Å²) < 4.78 is 1.58. The summed E-state index contributed by atoms with van der Waals surface area (Å²) in [7, 11) is 0. The number of nitrogens with one attached hydrogen (secondary N) is 1. The lowest BCUT2D eigenvalue weighted by molar-refractivity contribution is -0.122. The van der Waals surface area contributed by atoms with Crippen LogP contribution in [0, 0.1) is 0 Å². The summed E-state index contributed by atoms with van der Waals surface area (Å²) in [4.78, 5) is 15.9. The minimum Gasteiger partial charge on any atom is -0.346 e. The largest absolute Gasteiger partial charge is 0.346 e. The van der Waals surface area contributed by atoms with Gasteiger partial charge < -0.3 is 5.32 Å². The molecule has 1 atom stereocenters. The molecule has 2 aromatic heterocycles. The first-order valence-corrected chi connectivity index (χ1v) is 5.43. The van der Waals surface area contributed by atoms with Crippen LogP contribution in [0.1, 0.15) is 18.7 Å². The standard InChI is InChI=1S/C12H14N4O/c1-10(11-5-2-3-6-13-11)15-12(17)9-16-8-4-7-14-16/h2-8,10H,9H2,1H3,(H,15,17)/t10-/m0/s1. The molecule has 2 heterocycles. The Morgan fingerprint density at radius 3 is 2.94 bits per heavy atom. The molecule has 0 aliphatic carbocycles. The highest BCUT2D eigenvalue weighted by molar-refractivity contribution is 5.76. The van der Waals surface area contributed by atoms with Gasteiger partial charge in [-0.1, -0.05) is 6.07 Å². The van der Waals surface area contributed by atoms with E-state index in [1.807, 2.05) is 25.1 Å². The molecule has 2 aromatic rings. The normalized spacial score (nSPS) is 12.1. The third-order valence-electron chi connectivity index (χ3n) is 2.37. The van der Waals surface area contributed by atoms with Crippen LogP contribution in [0.5, 0.6) is 0 Å². The molecule has 88 valence electrons. The van der Waals surface area contributed by atoms with E-state index < -0.39 is 0 Å². The van der Waals surface area contributed by atoms with Crippen LogP contribution in [0.4, 0.5) is 0 Å². The van der Waals surface area contributed by atoms with E-state index in [0.29, 0.717) is 0 Å². The molecular weight excluding hydrogens is 216 g/mol. The van der Waals surface area contributed by atoms with Crippen LogP contribution < -0.4 is 5.32 Å². The van der Waals surface area contributed by atoms with Crippen LogP contribution >= 0.6 is 0 Å². The van der Waals surface area contributed by atoms with Gasteiger partial charge in [-0.25, -0.2) is 0 Å². The Kier molecular flexibility index (Phi) is 3.49. The van der Waals surface area contributed by atoms with Gasteiger partial charge in [0.25, 0.3) is 0 Å². The van der Waals surface area contributed by atoms with Crippen LogP contribution in [0.2, 0.25) is 0 Å². The average Bonchev–Trinajstić information content (AvgIpc) is 2.82. The molecule has 0 aliphatic heterocycles. The Hall–Kier alpha value is -2.17. The van der Waals surface area contributed by atoms with Crippen LogP contribution in [-0.4, -0.2) is 20.7 Å². The summed E-state index contributed by atoms with van der Waals surface area (Å²) in [6.07, 6.45) is 5.12. The maximum Gasteiger partial charge on any atom is 0.242 e. The Morgan fingerprint density at radius 2 is 2.29 bits per heavy atom. The third kappa shape index (κ3) is 3.14. The van der Waals surface area contributed by atoms with Crippen molar-refractivity contribution in [3.05, 3.63) is 48.5 Å². The molecule has 0 saturated carbocycles. The molecular formula is C12H14N4O. The van der Waals surface area contributed by atoms with Gasteiger partial charge in [-0.15, -0.1) is 0 Å². The fourth-order valence-electron chi connectivity index (χ4n) is 1.53. The molecule has 0 aliphatic rings. The van der Waals surface area contributed by atoms with E-state index in [-0.39, 0.29) is 18.5 Å². The zero-order chi connectivity index (χ0) is 12.1. The summed E-state index contributed by atoms with van der Waals surface area (Å²) >= 11 is 0. The Labute approximate surface area is 99.5 Å². The van der Waals surface area contributed by atoms with E-state index in [1.165, 1.54) is 0 Å². The van der Waals surface area contributed by atoms with Crippen LogP contribution in [-0.2, 0) is 11.3 Å². The third-order valence-corrected chi connectivity index (χ3v) is 2.37. The van der Waals surface area contributed by atoms with E-state index in [0.717, 1.165) is 5.69 Å². The van der Waals surface area contributed by atoms with Gasteiger partial charge in [0.15, 0.2) is 0 Å². The predicted molar refractivity (Wildman–Crippen MR) is 63.0 cm³/mol. The van der Waals surface area contributed by atoms with E-state index >= 15 is 0 Å². The molecule has 0 spiro atoms. The van der Waals surface area contributed by atoms with Crippen LogP contribution in [0.3, 0.4) is 0 Å². The van der Waals surface area contributed by atoms with Crippen LogP contribution in [0.25, 0.3) is 0 Å². The molecule has 0 saturated heterocycles. The summed E-state index contributed by atoms with van der Waals surface area (Å²) in [5, 5.41) is 6.85. The number of rotatable bonds is 4. The molecule has 0 fully saturated rings. The van der Waals surface area contributed by atoms with Crippen molar-refractivity contribution in [2.45, 2.75) is 19.5 Å². The lowest BCUT2D eigenvalue weighted by Gasteiger charge is -2.13. The van der Waals surface area contributed by atoms with Crippen molar-refractivity contribution in [2.75, 3.05) is 0 Å². The summed E-state index contributed by atoms with van der Waals surface area (Å²) in [6.45, 7) is 2.13. The number of hydrogen-bond acceptors (Lipinski definition) is 3. The Balaban J connectivity index is 1.91. The van der Waals surface area contributed by atoms with E-state index in [4.69, 9.17) is 0 Å². The van der Waals surface area contributed by atoms with Crippen molar-refractivity contribution in [3.8, 4) is 0 Å². The van der Waals surface area contributed by atoms with Crippen molar-refractivity contribution >= 4 is 5.91 Å². The minimum atomic E-state index is -0.0979. The number of carbonyl (C=O) groups is 1. The van der Waals surface area contributed by atoms with Gasteiger partial charge in [0.2, 0.25) is 5.91 Å². The molecule has 0 unspecified atom stereocenters. The second-order valence-corrected chi connectivity index (χ2v) is 3.75. The minimum absolute atomic E-state index is 0.0770. The van der Waals surface area contributed by atoms with Crippen molar-refractivity contribution in [1.82, 2.24) is 20.1 Å². The van der Waals surface area contributed by atoms with Gasteiger partial charge >= 0.3 is 0 Å². The molecule has 0 bridgehead atoms. The molecule has 1 amide bonds. The highest BCUT2D eigenvalue weighted by atomic mass is 16.2. The van der Waals surface area contributed by atoms with Crippen molar-refractivity contribution in [2.24, 2.45) is 0 Å². The predicted octanol–water partition coefficient (Wildman–Crippen LogP) is 1.16. The number of carbonyl (C=O) groups excluding carboxylic acids is 1. The molecule has 0 radical (unpaired) electrons. The second kappa shape index (κ2) is 5.25. The highest BCUT2D eigenvalue weighted by Gasteiger charge is 2.10. The number of hydrogen-bond donors (Lipinski definition) is 1. The summed E-state index contributed by atoms with van der Waals surface area (Å²) in [5.74, 6) is -0.0770. The van der Waals surface area contributed by atoms with Gasteiger partial charge in [-0.3, -0.25) is 14.5 Å².